The first-order valence-corrected chi connectivity index (χ1v) is 2.13. The number of hydrogen-bond acceptors (Lipinski definition) is 5. The Labute approximate surface area is 47.1 Å². The fraction of sp³-hybridized carbons (Fsp3) is 1.00. The number of rotatable bonds is 4. The lowest BCUT2D eigenvalue weighted by Gasteiger charge is -2.07. The molecule has 0 amide bonds. The van der Waals surface area contributed by atoms with Gasteiger partial charge in [-0.05, 0) is 0 Å². The minimum absolute atomic E-state index is 0.104. The van der Waals surface area contributed by atoms with E-state index in [1.165, 1.54) is 0 Å². The summed E-state index contributed by atoms with van der Waals surface area (Å²) >= 11 is 0. The van der Waals surface area contributed by atoms with Crippen LogP contribution in [0.2, 0.25) is 0 Å². The third kappa shape index (κ3) is 2.89. The third-order valence-electron chi connectivity index (χ3n) is 0.678. The van der Waals surface area contributed by atoms with Crippen molar-refractivity contribution >= 4 is 0 Å². The van der Waals surface area contributed by atoms with Crippen molar-refractivity contribution < 1.29 is 14.8 Å². The monoisotopic (exact) mass is 122 g/mol. The van der Waals surface area contributed by atoms with E-state index in [-0.39, 0.29) is 13.2 Å². The number of aliphatic hydroxyl groups is 1. The highest BCUT2D eigenvalue weighted by Crippen LogP contribution is 1.82. The average Bonchev–Trinajstić information content (AvgIpc) is 1.83. The van der Waals surface area contributed by atoms with Crippen LogP contribution in [0.25, 0.3) is 0 Å². The van der Waals surface area contributed by atoms with Crippen LogP contribution < -0.4 is 11.8 Å². The molecule has 0 aromatic rings. The summed E-state index contributed by atoms with van der Waals surface area (Å²) in [6.07, 6.45) is -0.514. The maximum atomic E-state index is 8.32. The van der Waals surface area contributed by atoms with Crippen molar-refractivity contribution in [3.05, 3.63) is 0 Å². The minimum Gasteiger partial charge on any atom is -0.393 e. The van der Waals surface area contributed by atoms with Crippen molar-refractivity contribution in [1.29, 1.82) is 0 Å². The van der Waals surface area contributed by atoms with Gasteiger partial charge in [-0.3, -0.25) is 4.84 Å². The summed E-state index contributed by atoms with van der Waals surface area (Å²) in [5.41, 5.74) is 0. The molecule has 0 aliphatic heterocycles. The van der Waals surface area contributed by atoms with Crippen molar-refractivity contribution in [3.8, 4) is 0 Å². The van der Waals surface area contributed by atoms with Gasteiger partial charge in [-0.2, -0.15) is 0 Å². The molecular weight excluding hydrogens is 112 g/mol. The van der Waals surface area contributed by atoms with Gasteiger partial charge in [-0.15, -0.1) is 0 Å². The Bertz CT molecular complexity index is 47.8. The summed E-state index contributed by atoms with van der Waals surface area (Å²) in [6.45, 7) is -0.0826. The van der Waals surface area contributed by atoms with E-state index >= 15 is 0 Å². The highest BCUT2D eigenvalue weighted by atomic mass is 16.7. The molecule has 0 aliphatic rings. The zero-order valence-electron chi connectivity index (χ0n) is 4.41. The molecule has 0 saturated heterocycles. The Hall–Kier alpha value is -0.200. The van der Waals surface area contributed by atoms with Crippen LogP contribution in [0.3, 0.4) is 0 Å². The number of nitrogens with two attached hydrogens (primary N) is 2. The second-order valence-corrected chi connectivity index (χ2v) is 1.27. The quantitative estimate of drug-likeness (QED) is 0.380. The Balaban J connectivity index is 3.07. The van der Waals surface area contributed by atoms with Gasteiger partial charge in [0, 0.05) is 0 Å². The van der Waals surface area contributed by atoms with Crippen LogP contribution >= 0.6 is 0 Å². The summed E-state index contributed by atoms with van der Waals surface area (Å²) in [6, 6.07) is 0. The van der Waals surface area contributed by atoms with E-state index in [2.05, 4.69) is 21.5 Å². The van der Waals surface area contributed by atoms with Crippen LogP contribution in [-0.4, -0.2) is 24.4 Å². The highest BCUT2D eigenvalue weighted by molar-refractivity contribution is 4.48. The molecule has 5 heteroatoms. The first-order chi connectivity index (χ1) is 3.85. The molecule has 0 aromatic heterocycles. The van der Waals surface area contributed by atoms with Gasteiger partial charge in [0.1, 0.15) is 6.10 Å². The summed E-state index contributed by atoms with van der Waals surface area (Å²) in [7, 11) is 0. The zero-order valence-corrected chi connectivity index (χ0v) is 4.41. The first kappa shape index (κ1) is 7.80. The normalized spacial score (nSPS) is 13.9. The Kier molecular flexibility index (Phi) is 4.82. The summed E-state index contributed by atoms with van der Waals surface area (Å²) in [5, 5.41) is 8.32. The SMILES string of the molecule is NOCC(CO)ON. The lowest BCUT2D eigenvalue weighted by Crippen LogP contribution is -2.28. The lowest BCUT2D eigenvalue weighted by molar-refractivity contribution is -0.0444. The van der Waals surface area contributed by atoms with Crippen molar-refractivity contribution in [3.63, 3.8) is 0 Å². The van der Waals surface area contributed by atoms with E-state index in [1.807, 2.05) is 0 Å². The molecule has 8 heavy (non-hydrogen) atoms. The summed E-state index contributed by atoms with van der Waals surface area (Å²) in [5.74, 6) is 9.31. The molecule has 0 aliphatic carbocycles. The Morgan fingerprint density at radius 2 is 2.12 bits per heavy atom. The maximum absolute atomic E-state index is 8.32. The molecule has 0 rings (SSSR count). The predicted octanol–water partition coefficient (Wildman–Crippen LogP) is -1.87. The molecule has 5 N–H and O–H groups in total. The van der Waals surface area contributed by atoms with Crippen LogP contribution in [-0.2, 0) is 9.68 Å². The van der Waals surface area contributed by atoms with Crippen LogP contribution in [0.1, 0.15) is 0 Å². The predicted molar refractivity (Wildman–Crippen MR) is 26.3 cm³/mol. The van der Waals surface area contributed by atoms with Gasteiger partial charge in [0.2, 0.25) is 0 Å². The summed E-state index contributed by atoms with van der Waals surface area (Å²) in [4.78, 5) is 8.31. The largest absolute Gasteiger partial charge is 0.393 e. The van der Waals surface area contributed by atoms with Crippen molar-refractivity contribution in [1.82, 2.24) is 0 Å². The van der Waals surface area contributed by atoms with Crippen LogP contribution in [0.15, 0.2) is 0 Å². The van der Waals surface area contributed by atoms with E-state index in [0.717, 1.165) is 0 Å². The fourth-order valence-corrected chi connectivity index (χ4v) is 0.242. The van der Waals surface area contributed by atoms with Gasteiger partial charge < -0.3 is 9.94 Å². The first-order valence-electron chi connectivity index (χ1n) is 2.13. The summed E-state index contributed by atoms with van der Waals surface area (Å²) < 4.78 is 0. The Morgan fingerprint density at radius 1 is 1.50 bits per heavy atom. The standard InChI is InChI=1S/C3H10N2O3/c4-7-2-3(1-6)8-5/h3,6H,1-2,4-5H2. The Morgan fingerprint density at radius 3 is 2.25 bits per heavy atom. The molecule has 5 nitrogen and oxygen atoms in total. The van der Waals surface area contributed by atoms with Gasteiger partial charge >= 0.3 is 0 Å². The van der Waals surface area contributed by atoms with Crippen LogP contribution in [0.4, 0.5) is 0 Å². The van der Waals surface area contributed by atoms with Gasteiger partial charge in [0.15, 0.2) is 0 Å². The topological polar surface area (TPSA) is 90.7 Å². The van der Waals surface area contributed by atoms with Crippen molar-refractivity contribution in [2.45, 2.75) is 6.10 Å². The van der Waals surface area contributed by atoms with Crippen LogP contribution in [0.5, 0.6) is 0 Å². The number of hydrogen-bond donors (Lipinski definition) is 3. The van der Waals surface area contributed by atoms with Gasteiger partial charge in [0.25, 0.3) is 0 Å². The lowest BCUT2D eigenvalue weighted by atomic mass is 10.4. The highest BCUT2D eigenvalue weighted by Gasteiger charge is 2.03. The van der Waals surface area contributed by atoms with E-state index in [1.54, 1.807) is 0 Å². The molecule has 0 saturated carbocycles. The molecule has 0 radical (unpaired) electrons. The minimum atomic E-state index is -0.514. The average molecular weight is 122 g/mol. The van der Waals surface area contributed by atoms with E-state index < -0.39 is 6.10 Å². The van der Waals surface area contributed by atoms with Gasteiger partial charge in [-0.1, -0.05) is 0 Å². The number of aliphatic hydroxyl groups excluding tert-OH is 1. The molecule has 0 spiro atoms. The van der Waals surface area contributed by atoms with Gasteiger partial charge in [-0.25, -0.2) is 11.8 Å². The molecule has 50 valence electrons. The maximum Gasteiger partial charge on any atom is 0.127 e. The molecule has 0 heterocycles. The molecule has 1 atom stereocenters. The van der Waals surface area contributed by atoms with E-state index in [4.69, 9.17) is 5.11 Å². The third-order valence-corrected chi connectivity index (χ3v) is 0.678. The van der Waals surface area contributed by atoms with Gasteiger partial charge in [0.05, 0.1) is 13.2 Å². The molecule has 0 fully saturated rings. The molecule has 0 aromatic carbocycles. The van der Waals surface area contributed by atoms with Crippen molar-refractivity contribution in [2.24, 2.45) is 11.8 Å². The molecule has 1 unspecified atom stereocenters. The van der Waals surface area contributed by atoms with E-state index in [0.29, 0.717) is 0 Å². The zero-order chi connectivity index (χ0) is 6.41. The second-order valence-electron chi connectivity index (χ2n) is 1.27. The van der Waals surface area contributed by atoms with Crippen LogP contribution in [0, 0.1) is 0 Å². The molecule has 0 bridgehead atoms. The van der Waals surface area contributed by atoms with E-state index in [9.17, 15) is 0 Å². The van der Waals surface area contributed by atoms with Crippen molar-refractivity contribution in [2.75, 3.05) is 13.2 Å². The molecular formula is C3H10N2O3. The fourth-order valence-electron chi connectivity index (χ4n) is 0.242. The second kappa shape index (κ2) is 4.95. The smallest absolute Gasteiger partial charge is 0.127 e.